The molecule has 0 bridgehead atoms. The molecule has 0 saturated heterocycles. The number of carboxylic acid groups (broad SMARTS) is 1. The molecule has 0 unspecified atom stereocenters. The molecule has 0 radical (unpaired) electrons. The molecule has 38 heavy (non-hydrogen) atoms. The Hall–Kier alpha value is -1.37. The van der Waals surface area contributed by atoms with Gasteiger partial charge in [0, 0.05) is 0 Å². The monoisotopic (exact) mass is 540 g/mol. The van der Waals surface area contributed by atoms with Gasteiger partial charge < -0.3 is 19.4 Å². The van der Waals surface area contributed by atoms with Gasteiger partial charge in [-0.15, -0.1) is 0 Å². The standard InChI is InChI=1S/C31H50O6.Na/c1-3-5-7-9-11-13-15-17-19-23-36-30(34)27-22-21-26(29(32)33)25-28(27)31(35)37-24-20-18-16-14-12-10-8-6-4-2;/h21-22,25H,3-20,23-24H2,1-2H3,(H,32,33);/q;+1/p-1. The fourth-order valence-electron chi connectivity index (χ4n) is 4.33. The first-order chi connectivity index (χ1) is 18.0. The van der Waals surface area contributed by atoms with Gasteiger partial charge in [0.25, 0.3) is 0 Å². The molecular weight excluding hydrogens is 491 g/mol. The van der Waals surface area contributed by atoms with Gasteiger partial charge in [0.15, 0.2) is 0 Å². The van der Waals surface area contributed by atoms with E-state index in [4.69, 9.17) is 9.47 Å². The maximum atomic E-state index is 12.7. The van der Waals surface area contributed by atoms with Crippen LogP contribution in [0.25, 0.3) is 0 Å². The van der Waals surface area contributed by atoms with Gasteiger partial charge in [-0.3, -0.25) is 0 Å². The molecule has 0 aliphatic rings. The van der Waals surface area contributed by atoms with Crippen LogP contribution in [-0.2, 0) is 9.47 Å². The van der Waals surface area contributed by atoms with Crippen LogP contribution in [0.15, 0.2) is 18.2 Å². The second-order valence-electron chi connectivity index (χ2n) is 9.98. The molecule has 0 heterocycles. The third-order valence-corrected chi connectivity index (χ3v) is 6.66. The summed E-state index contributed by atoms with van der Waals surface area (Å²) in [5, 5.41) is 11.3. The van der Waals surface area contributed by atoms with Crippen LogP contribution in [0.4, 0.5) is 0 Å². The largest absolute Gasteiger partial charge is 1.00 e. The molecule has 1 aromatic carbocycles. The summed E-state index contributed by atoms with van der Waals surface area (Å²) in [6.45, 7) is 4.92. The number of ether oxygens (including phenoxy) is 2. The van der Waals surface area contributed by atoms with Crippen LogP contribution in [0.3, 0.4) is 0 Å². The van der Waals surface area contributed by atoms with Crippen molar-refractivity contribution in [2.75, 3.05) is 13.2 Å². The molecule has 1 aromatic rings. The van der Waals surface area contributed by atoms with Crippen LogP contribution >= 0.6 is 0 Å². The zero-order chi connectivity index (χ0) is 27.1. The summed E-state index contributed by atoms with van der Waals surface area (Å²) >= 11 is 0. The normalized spacial score (nSPS) is 10.6. The van der Waals surface area contributed by atoms with Crippen molar-refractivity contribution in [2.24, 2.45) is 0 Å². The average molecular weight is 541 g/mol. The number of carboxylic acids is 1. The molecule has 0 fully saturated rings. The fourth-order valence-corrected chi connectivity index (χ4v) is 4.33. The second kappa shape index (κ2) is 24.7. The molecule has 0 saturated carbocycles. The Balaban J connectivity index is 0.0000137. The molecule has 0 atom stereocenters. The van der Waals surface area contributed by atoms with Gasteiger partial charge in [0.2, 0.25) is 0 Å². The quantitative estimate of drug-likeness (QED) is 0.116. The van der Waals surface area contributed by atoms with E-state index in [1.165, 1.54) is 89.2 Å². The minimum atomic E-state index is -1.41. The van der Waals surface area contributed by atoms with Gasteiger partial charge in [0.05, 0.1) is 30.3 Å². The van der Waals surface area contributed by atoms with Crippen LogP contribution in [0.1, 0.15) is 160 Å². The zero-order valence-electron chi connectivity index (χ0n) is 24.3. The summed E-state index contributed by atoms with van der Waals surface area (Å²) < 4.78 is 10.7. The zero-order valence-corrected chi connectivity index (χ0v) is 26.3. The molecule has 0 spiro atoms. The van der Waals surface area contributed by atoms with Crippen molar-refractivity contribution < 1.29 is 58.5 Å². The van der Waals surface area contributed by atoms with Crippen molar-refractivity contribution in [3.05, 3.63) is 34.9 Å². The second-order valence-corrected chi connectivity index (χ2v) is 9.98. The fraction of sp³-hybridized carbons (Fsp3) is 0.710. The molecular formula is C31H49NaO6. The number of benzene rings is 1. The van der Waals surface area contributed by atoms with Gasteiger partial charge >= 0.3 is 41.5 Å². The number of hydrogen-bond donors (Lipinski definition) is 0. The van der Waals surface area contributed by atoms with Crippen LogP contribution in [0.2, 0.25) is 0 Å². The number of carbonyl (C=O) groups excluding carboxylic acids is 3. The van der Waals surface area contributed by atoms with Gasteiger partial charge in [-0.05, 0) is 30.5 Å². The van der Waals surface area contributed by atoms with E-state index in [2.05, 4.69) is 13.8 Å². The van der Waals surface area contributed by atoms with E-state index in [0.29, 0.717) is 0 Å². The molecule has 6 nitrogen and oxygen atoms in total. The van der Waals surface area contributed by atoms with E-state index in [0.717, 1.165) is 44.6 Å². The molecule has 0 aliphatic carbocycles. The van der Waals surface area contributed by atoms with Gasteiger partial charge in [-0.25, -0.2) is 9.59 Å². The van der Waals surface area contributed by atoms with Crippen molar-refractivity contribution in [1.82, 2.24) is 0 Å². The minimum Gasteiger partial charge on any atom is -0.545 e. The van der Waals surface area contributed by atoms with E-state index in [1.54, 1.807) is 0 Å². The maximum absolute atomic E-state index is 12.7. The summed E-state index contributed by atoms with van der Waals surface area (Å²) in [5.74, 6) is -2.76. The Labute approximate surface area is 252 Å². The predicted octanol–water partition coefficient (Wildman–Crippen LogP) is 4.43. The van der Waals surface area contributed by atoms with Crippen molar-refractivity contribution in [1.29, 1.82) is 0 Å². The van der Waals surface area contributed by atoms with E-state index in [1.807, 2.05) is 0 Å². The number of carbonyl (C=O) groups is 3. The molecule has 1 rings (SSSR count). The molecule has 210 valence electrons. The molecule has 7 heteroatoms. The summed E-state index contributed by atoms with van der Waals surface area (Å²) in [6.07, 6.45) is 20.7. The Kier molecular flexibility index (Phi) is 23.8. The number of rotatable bonds is 23. The summed E-state index contributed by atoms with van der Waals surface area (Å²) in [4.78, 5) is 36.6. The Bertz CT molecular complexity index is 780. The number of hydrogen-bond acceptors (Lipinski definition) is 6. The van der Waals surface area contributed by atoms with E-state index < -0.39 is 17.9 Å². The van der Waals surface area contributed by atoms with E-state index >= 15 is 0 Å². The first-order valence-electron chi connectivity index (χ1n) is 14.7. The minimum absolute atomic E-state index is 0. The Morgan fingerprint density at radius 3 is 1.34 bits per heavy atom. The molecule has 0 N–H and O–H groups in total. The predicted molar refractivity (Wildman–Crippen MR) is 146 cm³/mol. The van der Waals surface area contributed by atoms with Crippen molar-refractivity contribution >= 4 is 17.9 Å². The SMILES string of the molecule is CCCCCCCCCCCOC(=O)c1ccc(C(=O)[O-])cc1C(=O)OCCCCCCCCCCC.[Na+]. The third kappa shape index (κ3) is 17.3. The summed E-state index contributed by atoms with van der Waals surface area (Å²) in [5.41, 5.74) is -0.238. The Morgan fingerprint density at radius 2 is 0.947 bits per heavy atom. The van der Waals surface area contributed by atoms with Crippen molar-refractivity contribution in [2.45, 2.75) is 129 Å². The number of aromatic carboxylic acids is 1. The van der Waals surface area contributed by atoms with E-state index in [-0.39, 0.29) is 59.5 Å². The van der Waals surface area contributed by atoms with Crippen LogP contribution in [0, 0.1) is 0 Å². The van der Waals surface area contributed by atoms with Gasteiger partial charge in [0.1, 0.15) is 0 Å². The topological polar surface area (TPSA) is 92.7 Å². The van der Waals surface area contributed by atoms with Gasteiger partial charge in [-0.1, -0.05) is 123 Å². The van der Waals surface area contributed by atoms with Crippen molar-refractivity contribution in [3.8, 4) is 0 Å². The molecule has 0 aliphatic heterocycles. The summed E-state index contributed by atoms with van der Waals surface area (Å²) in [6, 6.07) is 3.70. The molecule has 0 aromatic heterocycles. The van der Waals surface area contributed by atoms with Gasteiger partial charge in [-0.2, -0.15) is 0 Å². The smallest absolute Gasteiger partial charge is 0.545 e. The van der Waals surface area contributed by atoms with E-state index in [9.17, 15) is 19.5 Å². The first kappa shape index (κ1) is 36.6. The average Bonchev–Trinajstić information content (AvgIpc) is 2.90. The van der Waals surface area contributed by atoms with Crippen LogP contribution < -0.4 is 34.7 Å². The van der Waals surface area contributed by atoms with Crippen molar-refractivity contribution in [3.63, 3.8) is 0 Å². The maximum Gasteiger partial charge on any atom is 1.00 e. The number of unbranched alkanes of at least 4 members (excludes halogenated alkanes) is 16. The molecule has 0 amide bonds. The first-order valence-corrected chi connectivity index (χ1v) is 14.7. The van der Waals surface area contributed by atoms with Crippen LogP contribution in [0.5, 0.6) is 0 Å². The van der Waals surface area contributed by atoms with Crippen LogP contribution in [-0.4, -0.2) is 31.1 Å². The Morgan fingerprint density at radius 1 is 0.579 bits per heavy atom. The number of esters is 2. The summed E-state index contributed by atoms with van der Waals surface area (Å²) in [7, 11) is 0. The third-order valence-electron chi connectivity index (χ3n) is 6.66.